The van der Waals surface area contributed by atoms with E-state index in [-0.39, 0.29) is 46.9 Å². The summed E-state index contributed by atoms with van der Waals surface area (Å²) < 4.78 is 0. The maximum atomic E-state index is 5.00. The Morgan fingerprint density at radius 3 is 0.864 bits per heavy atom. The van der Waals surface area contributed by atoms with Crippen molar-refractivity contribution >= 4 is 44.1 Å². The Hall–Kier alpha value is -10.0. The second-order valence-corrected chi connectivity index (χ2v) is 19.4. The normalized spacial score (nSPS) is 11.9. The molecule has 8 aromatic carbocycles. The first-order chi connectivity index (χ1) is 39.6. The van der Waals surface area contributed by atoms with Crippen LogP contribution in [0.25, 0.3) is 181 Å². The van der Waals surface area contributed by atoms with Gasteiger partial charge in [-0.05, 0) is 38.2 Å². The van der Waals surface area contributed by atoms with E-state index in [1.54, 1.807) is 0 Å². The number of hydrogen-bond donors (Lipinski definition) is 0. The molecule has 0 amide bonds. The van der Waals surface area contributed by atoms with Crippen LogP contribution in [0.3, 0.4) is 0 Å². The Labute approximate surface area is 497 Å². The molecular weight excluding hydrogens is 1170 g/mol. The van der Waals surface area contributed by atoms with Gasteiger partial charge in [-0.1, -0.05) is 194 Å². The minimum Gasteiger partial charge on any atom is -0.357 e. The molecule has 16 bridgehead atoms. The van der Waals surface area contributed by atoms with Gasteiger partial charge >= 0.3 is 46.9 Å². The van der Waals surface area contributed by atoms with Crippen LogP contribution in [0.2, 0.25) is 0 Å². The molecule has 1 radical (unpaired) electrons. The SMILES string of the molecule is [Yb+3].c1ccc2c(c1)-c1nc-2nc2[n-]c(nc3nc([n-]c4[nH+]c(n1)-c1ccccc1-4)-c1ccccc1-3)c1ccccc21.c1ccc2c(c1)-c1nc-2nc2[n-]c(nc3nc([n-]c4nc(n1)-c1ccccc1-4)-c1ccccc1-3)c1ccccc21. The number of hydrogen-bond acceptors (Lipinski definition) is 11. The van der Waals surface area contributed by atoms with Crippen LogP contribution in [0.4, 0.5) is 0 Å². The summed E-state index contributed by atoms with van der Waals surface area (Å²) in [5.41, 5.74) is 13.1. The van der Waals surface area contributed by atoms with Gasteiger partial charge in [0.2, 0.25) is 0 Å². The molecule has 0 fully saturated rings. The second kappa shape index (κ2) is 18.6. The molecule has 383 valence electrons. The van der Waals surface area contributed by atoms with Crippen molar-refractivity contribution in [1.29, 1.82) is 0 Å². The van der Waals surface area contributed by atoms with E-state index in [4.69, 9.17) is 74.8 Å². The molecule has 4 aromatic heterocycles. The standard InChI is InChI=1S/2C32H16N8.Yb/c2*1-2-10-18-17(9-1)25-33-26(18)38-28-21-13-5-6-14-22(21)30(35-28)40-32-24-16-8-7-15-23(24)31(36-32)39-29-20-12-4-3-11-19(20)27(34-29)37-25;/h2*1-16H;/q2*-2;+3/p+1. The molecule has 1 N–H and O–H groups in total. The zero-order chi connectivity index (χ0) is 52.4. The van der Waals surface area contributed by atoms with Crippen LogP contribution in [0.1, 0.15) is 0 Å². The van der Waals surface area contributed by atoms with Gasteiger partial charge in [-0.2, -0.15) is 0 Å². The fourth-order valence-corrected chi connectivity index (χ4v) is 11.0. The van der Waals surface area contributed by atoms with E-state index in [1.165, 1.54) is 0 Å². The molecule has 17 heteroatoms. The summed E-state index contributed by atoms with van der Waals surface area (Å²) in [5, 5.41) is 3.59. The first-order valence-electron chi connectivity index (χ1n) is 25.8. The number of H-pyrrole nitrogens is 1. The van der Waals surface area contributed by atoms with Crippen LogP contribution in [-0.4, -0.2) is 54.8 Å². The molecule has 18 rings (SSSR count). The van der Waals surface area contributed by atoms with Crippen LogP contribution in [-0.2, 0) is 0 Å². The van der Waals surface area contributed by atoms with Gasteiger partial charge in [0.1, 0.15) is 11.6 Å². The number of benzene rings is 8. The quantitative estimate of drug-likeness (QED) is 0.138. The Bertz CT molecular complexity index is 4500. The van der Waals surface area contributed by atoms with Crippen molar-refractivity contribution in [1.82, 2.24) is 74.8 Å². The molecule has 0 saturated carbocycles. The minimum absolute atomic E-state index is 0. The molecule has 0 saturated heterocycles. The molecule has 0 unspecified atom stereocenters. The fraction of sp³-hybridized carbons (Fsp3) is 0. The van der Waals surface area contributed by atoms with E-state index >= 15 is 0 Å². The fourth-order valence-electron chi connectivity index (χ4n) is 11.0. The Morgan fingerprint density at radius 2 is 0.481 bits per heavy atom. The molecule has 0 atom stereocenters. The average Bonchev–Trinajstić information content (AvgIpc) is 4.53. The summed E-state index contributed by atoms with van der Waals surface area (Å²) in [5.74, 6) is 6.96. The Morgan fingerprint density at radius 1 is 0.222 bits per heavy atom. The third kappa shape index (κ3) is 7.63. The van der Waals surface area contributed by atoms with Gasteiger partial charge < -0.3 is 49.8 Å². The third-order valence-electron chi connectivity index (χ3n) is 14.7. The van der Waals surface area contributed by atoms with Crippen LogP contribution in [0.5, 0.6) is 0 Å². The monoisotopic (exact) mass is 1200 g/mol. The Kier molecular flexibility index (Phi) is 10.8. The number of nitrogens with one attached hydrogen (secondary N) is 1. The van der Waals surface area contributed by atoms with Gasteiger partial charge in [-0.25, -0.2) is 29.9 Å². The van der Waals surface area contributed by atoms with E-state index < -0.39 is 0 Å². The van der Waals surface area contributed by atoms with E-state index in [0.717, 1.165) is 88.3 Å². The van der Waals surface area contributed by atoms with Crippen LogP contribution in [0.15, 0.2) is 194 Å². The largest absolute Gasteiger partial charge is 3.00 e. The van der Waals surface area contributed by atoms with Gasteiger partial charge in [0.25, 0.3) is 0 Å². The topological polar surface area (TPSA) is 212 Å². The van der Waals surface area contributed by atoms with Crippen molar-refractivity contribution in [3.63, 3.8) is 0 Å². The maximum Gasteiger partial charge on any atom is 3.00 e. The van der Waals surface area contributed by atoms with Crippen molar-refractivity contribution in [3.8, 4) is 137 Å². The second-order valence-electron chi connectivity index (χ2n) is 19.4. The van der Waals surface area contributed by atoms with E-state index in [2.05, 4.69) is 4.98 Å². The van der Waals surface area contributed by atoms with Crippen LogP contribution in [0, 0.1) is 46.9 Å². The zero-order valence-electron chi connectivity index (χ0n) is 42.0. The smallest absolute Gasteiger partial charge is 0.357 e. The molecule has 16 nitrogen and oxygen atoms in total. The summed E-state index contributed by atoms with van der Waals surface area (Å²) in [6.45, 7) is 0. The molecule has 6 aliphatic heterocycles. The van der Waals surface area contributed by atoms with Gasteiger partial charge in [0, 0.05) is 90.1 Å². The summed E-state index contributed by atoms with van der Waals surface area (Å²) >= 11 is 0. The van der Waals surface area contributed by atoms with Crippen molar-refractivity contribution in [3.05, 3.63) is 194 Å². The predicted molar refractivity (Wildman–Crippen MR) is 303 cm³/mol. The molecule has 81 heavy (non-hydrogen) atoms. The summed E-state index contributed by atoms with van der Waals surface area (Å²) in [6.07, 6.45) is 0. The molecule has 10 heterocycles. The summed E-state index contributed by atoms with van der Waals surface area (Å²) in [6, 6.07) is 63.9. The van der Waals surface area contributed by atoms with E-state index in [1.807, 2.05) is 194 Å². The summed E-state index contributed by atoms with van der Waals surface area (Å²) in [7, 11) is 0. The van der Waals surface area contributed by atoms with Gasteiger partial charge in [0.15, 0.2) is 17.5 Å². The molecular formula is C64H33N16Yb. The molecule has 0 aliphatic carbocycles. The average molecular weight is 1200 g/mol. The number of rotatable bonds is 0. The van der Waals surface area contributed by atoms with Gasteiger partial charge in [0.05, 0.1) is 23.3 Å². The number of nitrogens with zero attached hydrogens (tertiary/aromatic N) is 15. The molecule has 12 aromatic rings. The van der Waals surface area contributed by atoms with Gasteiger partial charge in [-0.15, -0.1) is 0 Å². The zero-order valence-corrected chi connectivity index (χ0v) is 43.7. The van der Waals surface area contributed by atoms with Gasteiger partial charge in [-0.3, -0.25) is 0 Å². The Balaban J connectivity index is 0.000000132. The number of aromatic nitrogens is 16. The number of fused-ring (bicyclic) bond motifs is 40. The first kappa shape index (κ1) is 47.0. The van der Waals surface area contributed by atoms with E-state index in [0.29, 0.717) is 92.5 Å². The van der Waals surface area contributed by atoms with Crippen molar-refractivity contribution < 1.29 is 51.9 Å². The van der Waals surface area contributed by atoms with Crippen LogP contribution < -0.4 is 24.9 Å². The van der Waals surface area contributed by atoms with E-state index in [9.17, 15) is 0 Å². The van der Waals surface area contributed by atoms with Crippen molar-refractivity contribution in [2.24, 2.45) is 0 Å². The summed E-state index contributed by atoms with van der Waals surface area (Å²) in [4.78, 5) is 77.3. The first-order valence-corrected chi connectivity index (χ1v) is 25.8. The maximum absolute atomic E-state index is 5.00. The number of aromatic amines is 1. The minimum atomic E-state index is 0. The van der Waals surface area contributed by atoms with Crippen molar-refractivity contribution in [2.75, 3.05) is 0 Å². The molecule has 6 aliphatic rings. The third-order valence-corrected chi connectivity index (χ3v) is 14.7. The molecule has 0 spiro atoms. The van der Waals surface area contributed by atoms with Crippen molar-refractivity contribution in [2.45, 2.75) is 0 Å². The van der Waals surface area contributed by atoms with Crippen LogP contribution >= 0.6 is 0 Å². The predicted octanol–water partition coefficient (Wildman–Crippen LogP) is 11.5.